The molecule has 0 aliphatic carbocycles. The normalized spacial score (nSPS) is 10.7. The first-order valence-corrected chi connectivity index (χ1v) is 7.44. The standard InChI is InChI=1S/C14H13F2N5O6/c1-2-19-6-11(21(25)26)13(18-19)14(22)17-8-3-9(20(23)24)5-10(4-8)27-7-12(15)16/h3-6,12H,2,7H2,1H3,(H,17,22). The fourth-order valence-corrected chi connectivity index (χ4v) is 2.06. The van der Waals surface area contributed by atoms with Gasteiger partial charge in [-0.1, -0.05) is 0 Å². The second-order valence-corrected chi connectivity index (χ2v) is 5.10. The van der Waals surface area contributed by atoms with Crippen molar-refractivity contribution in [3.05, 3.63) is 50.3 Å². The molecule has 0 unspecified atom stereocenters. The molecule has 0 radical (unpaired) electrons. The first-order chi connectivity index (χ1) is 12.7. The van der Waals surface area contributed by atoms with Crippen LogP contribution in [0.2, 0.25) is 0 Å². The van der Waals surface area contributed by atoms with Gasteiger partial charge < -0.3 is 10.1 Å². The summed E-state index contributed by atoms with van der Waals surface area (Å²) >= 11 is 0. The summed E-state index contributed by atoms with van der Waals surface area (Å²) < 4.78 is 30.4. The number of ether oxygens (including phenoxy) is 1. The van der Waals surface area contributed by atoms with Gasteiger partial charge in [0, 0.05) is 18.7 Å². The Kier molecular flexibility index (Phi) is 5.95. The number of rotatable bonds is 8. The molecule has 2 aromatic rings. The number of aryl methyl sites for hydroxylation is 1. The number of hydrogen-bond acceptors (Lipinski definition) is 7. The van der Waals surface area contributed by atoms with Crippen molar-refractivity contribution < 1.29 is 28.2 Å². The van der Waals surface area contributed by atoms with Crippen LogP contribution in [0.4, 0.5) is 25.8 Å². The molecule has 27 heavy (non-hydrogen) atoms. The quantitative estimate of drug-likeness (QED) is 0.543. The Hall–Kier alpha value is -3.64. The second kappa shape index (κ2) is 8.16. The van der Waals surface area contributed by atoms with Crippen LogP contribution in [0.3, 0.4) is 0 Å². The Morgan fingerprint density at radius 1 is 1.30 bits per heavy atom. The van der Waals surface area contributed by atoms with Crippen molar-refractivity contribution >= 4 is 23.0 Å². The van der Waals surface area contributed by atoms with Crippen molar-refractivity contribution in [1.82, 2.24) is 9.78 Å². The average molecular weight is 385 g/mol. The average Bonchev–Trinajstić information content (AvgIpc) is 3.04. The van der Waals surface area contributed by atoms with Gasteiger partial charge in [0.05, 0.1) is 21.6 Å². The second-order valence-electron chi connectivity index (χ2n) is 5.10. The number of amides is 1. The summed E-state index contributed by atoms with van der Waals surface area (Å²) in [6.45, 7) is 0.934. The lowest BCUT2D eigenvalue weighted by Crippen LogP contribution is -2.15. The molecule has 2 rings (SSSR count). The molecule has 1 amide bonds. The molecular weight excluding hydrogens is 372 g/mol. The third-order valence-corrected chi connectivity index (χ3v) is 3.21. The predicted molar refractivity (Wildman–Crippen MR) is 87.1 cm³/mol. The Bertz CT molecular complexity index is 885. The van der Waals surface area contributed by atoms with Crippen molar-refractivity contribution in [2.24, 2.45) is 0 Å². The van der Waals surface area contributed by atoms with Crippen molar-refractivity contribution in [2.75, 3.05) is 11.9 Å². The highest BCUT2D eigenvalue weighted by atomic mass is 19.3. The maximum absolute atomic E-state index is 12.3. The molecule has 0 fully saturated rings. The van der Waals surface area contributed by atoms with Crippen LogP contribution < -0.4 is 10.1 Å². The predicted octanol–water partition coefficient (Wildman–Crippen LogP) is 2.62. The zero-order chi connectivity index (χ0) is 20.1. The van der Waals surface area contributed by atoms with Gasteiger partial charge in [0.25, 0.3) is 18.0 Å². The van der Waals surface area contributed by atoms with Crippen LogP contribution in [-0.2, 0) is 6.54 Å². The zero-order valence-electron chi connectivity index (χ0n) is 13.8. The molecular formula is C14H13F2N5O6. The molecule has 1 heterocycles. The molecule has 1 aromatic heterocycles. The Balaban J connectivity index is 2.32. The number of carbonyl (C=O) groups is 1. The van der Waals surface area contributed by atoms with Crippen LogP contribution in [0.1, 0.15) is 17.4 Å². The molecule has 0 saturated carbocycles. The third kappa shape index (κ3) is 4.93. The summed E-state index contributed by atoms with van der Waals surface area (Å²) in [5.41, 5.74) is -1.73. The number of nitrogens with zero attached hydrogens (tertiary/aromatic N) is 4. The molecule has 0 atom stereocenters. The van der Waals surface area contributed by atoms with Gasteiger partial charge in [0.2, 0.25) is 5.69 Å². The highest BCUT2D eigenvalue weighted by Gasteiger charge is 2.26. The first-order valence-electron chi connectivity index (χ1n) is 7.44. The van der Waals surface area contributed by atoms with Crippen LogP contribution in [-0.4, -0.2) is 38.6 Å². The van der Waals surface area contributed by atoms with Gasteiger partial charge in [-0.2, -0.15) is 5.10 Å². The van der Waals surface area contributed by atoms with Crippen molar-refractivity contribution in [1.29, 1.82) is 0 Å². The van der Waals surface area contributed by atoms with Crippen molar-refractivity contribution in [3.63, 3.8) is 0 Å². The van der Waals surface area contributed by atoms with Crippen LogP contribution in [0.15, 0.2) is 24.4 Å². The zero-order valence-corrected chi connectivity index (χ0v) is 13.8. The van der Waals surface area contributed by atoms with Crippen LogP contribution in [0.5, 0.6) is 5.75 Å². The van der Waals surface area contributed by atoms with Gasteiger partial charge in [-0.3, -0.25) is 29.7 Å². The van der Waals surface area contributed by atoms with E-state index in [4.69, 9.17) is 4.74 Å². The molecule has 0 aliphatic heterocycles. The van der Waals surface area contributed by atoms with E-state index < -0.39 is 45.9 Å². The lowest BCUT2D eigenvalue weighted by atomic mass is 10.2. The van der Waals surface area contributed by atoms with E-state index in [9.17, 15) is 33.8 Å². The van der Waals surface area contributed by atoms with Gasteiger partial charge in [-0.05, 0) is 6.92 Å². The van der Waals surface area contributed by atoms with E-state index in [0.717, 1.165) is 24.4 Å². The first kappa shape index (κ1) is 19.7. The van der Waals surface area contributed by atoms with Crippen LogP contribution in [0.25, 0.3) is 0 Å². The number of nitro groups is 2. The molecule has 1 aromatic carbocycles. The van der Waals surface area contributed by atoms with Crippen LogP contribution in [0, 0.1) is 20.2 Å². The van der Waals surface area contributed by atoms with Gasteiger partial charge in [-0.25, -0.2) is 8.78 Å². The molecule has 0 saturated heterocycles. The monoisotopic (exact) mass is 385 g/mol. The topological polar surface area (TPSA) is 142 Å². The summed E-state index contributed by atoms with van der Waals surface area (Å²) in [6.07, 6.45) is -1.73. The molecule has 1 N–H and O–H groups in total. The van der Waals surface area contributed by atoms with E-state index in [1.165, 1.54) is 4.68 Å². The highest BCUT2D eigenvalue weighted by molar-refractivity contribution is 6.05. The number of halogens is 2. The Labute approximate surface area is 149 Å². The Morgan fingerprint density at radius 3 is 2.56 bits per heavy atom. The minimum Gasteiger partial charge on any atom is -0.487 e. The van der Waals surface area contributed by atoms with E-state index in [2.05, 4.69) is 10.4 Å². The third-order valence-electron chi connectivity index (χ3n) is 3.21. The maximum atomic E-state index is 12.3. The van der Waals surface area contributed by atoms with Crippen LogP contribution >= 0.6 is 0 Å². The fraction of sp³-hybridized carbons (Fsp3) is 0.286. The molecule has 11 nitrogen and oxygen atoms in total. The van der Waals surface area contributed by atoms with Crippen molar-refractivity contribution in [2.45, 2.75) is 19.9 Å². The minimum absolute atomic E-state index is 0.168. The summed E-state index contributed by atoms with van der Waals surface area (Å²) in [5.74, 6) is -1.26. The Morgan fingerprint density at radius 2 is 2.00 bits per heavy atom. The number of nitro benzene ring substituents is 1. The number of aromatic nitrogens is 2. The lowest BCUT2D eigenvalue weighted by molar-refractivity contribution is -0.385. The van der Waals surface area contributed by atoms with Gasteiger partial charge in [0.15, 0.2) is 0 Å². The summed E-state index contributed by atoms with van der Waals surface area (Å²) in [7, 11) is 0. The SMILES string of the molecule is CCn1cc([N+](=O)[O-])c(C(=O)Nc2cc(OCC(F)F)cc([N+](=O)[O-])c2)n1. The van der Waals surface area contributed by atoms with E-state index in [-0.39, 0.29) is 18.0 Å². The number of alkyl halides is 2. The van der Waals surface area contributed by atoms with E-state index in [0.29, 0.717) is 0 Å². The number of carbonyl (C=O) groups excluding carboxylic acids is 1. The summed E-state index contributed by atoms with van der Waals surface area (Å²) in [4.78, 5) is 32.7. The summed E-state index contributed by atoms with van der Waals surface area (Å²) in [6, 6.07) is 2.94. The largest absolute Gasteiger partial charge is 0.487 e. The van der Waals surface area contributed by atoms with Gasteiger partial charge in [-0.15, -0.1) is 0 Å². The molecule has 13 heteroatoms. The molecule has 0 bridgehead atoms. The lowest BCUT2D eigenvalue weighted by Gasteiger charge is -2.08. The molecule has 144 valence electrons. The number of hydrogen-bond donors (Lipinski definition) is 1. The number of non-ortho nitro benzene ring substituents is 1. The maximum Gasteiger partial charge on any atom is 0.320 e. The fourth-order valence-electron chi connectivity index (χ4n) is 2.06. The smallest absolute Gasteiger partial charge is 0.320 e. The highest BCUT2D eigenvalue weighted by Crippen LogP contribution is 2.27. The van der Waals surface area contributed by atoms with E-state index >= 15 is 0 Å². The minimum atomic E-state index is -2.80. The number of anilines is 1. The van der Waals surface area contributed by atoms with E-state index in [1.54, 1.807) is 6.92 Å². The van der Waals surface area contributed by atoms with Crippen molar-refractivity contribution in [3.8, 4) is 5.75 Å². The van der Waals surface area contributed by atoms with Gasteiger partial charge in [0.1, 0.15) is 18.6 Å². The molecule has 0 aliphatic rings. The molecule has 0 spiro atoms. The number of nitrogens with one attached hydrogen (secondary N) is 1. The van der Waals surface area contributed by atoms with E-state index in [1.807, 2.05) is 0 Å². The summed E-state index contributed by atoms with van der Waals surface area (Å²) in [5, 5.41) is 28.0. The number of benzene rings is 1. The van der Waals surface area contributed by atoms with Gasteiger partial charge >= 0.3 is 5.69 Å².